The van der Waals surface area contributed by atoms with Crippen LogP contribution in [0.5, 0.6) is 17.2 Å². The van der Waals surface area contributed by atoms with Crippen LogP contribution in [-0.4, -0.2) is 49.6 Å². The fourth-order valence-electron chi connectivity index (χ4n) is 4.13. The largest absolute Gasteiger partial charge is 0.493 e. The number of ether oxygens (including phenoxy) is 3. The van der Waals surface area contributed by atoms with Crippen molar-refractivity contribution in [3.63, 3.8) is 0 Å². The van der Waals surface area contributed by atoms with E-state index < -0.39 is 0 Å². The number of fused-ring (bicyclic) bond motifs is 3. The Balaban J connectivity index is 1.37. The van der Waals surface area contributed by atoms with E-state index in [0.717, 1.165) is 17.3 Å². The summed E-state index contributed by atoms with van der Waals surface area (Å²) < 4.78 is 15.9. The lowest BCUT2D eigenvalue weighted by Crippen LogP contribution is -2.36. The topological polar surface area (TPSA) is 92.9 Å². The molecule has 1 aliphatic heterocycles. The lowest BCUT2D eigenvalue weighted by molar-refractivity contribution is -0.133. The van der Waals surface area contributed by atoms with Gasteiger partial charge >= 0.3 is 0 Å². The SMILES string of the molecule is COc1cc(NC(=O)CCC(=O)N2CCc3[nH]c4ccccc4c3C2)cc(OC)c1OC. The number of carbonyl (C=O) groups is 2. The van der Waals surface area contributed by atoms with Crippen molar-refractivity contribution < 1.29 is 23.8 Å². The monoisotopic (exact) mass is 437 g/mol. The number of H-pyrrole nitrogens is 1. The maximum absolute atomic E-state index is 12.8. The first-order valence-corrected chi connectivity index (χ1v) is 10.5. The summed E-state index contributed by atoms with van der Waals surface area (Å²) in [5.74, 6) is 1.06. The van der Waals surface area contributed by atoms with Gasteiger partial charge in [-0.2, -0.15) is 0 Å². The average Bonchev–Trinajstić information content (AvgIpc) is 3.19. The molecular formula is C24H27N3O5. The number of benzene rings is 2. The third-order valence-electron chi connectivity index (χ3n) is 5.75. The van der Waals surface area contributed by atoms with Crippen LogP contribution in [0.4, 0.5) is 5.69 Å². The number of amides is 2. The molecule has 0 unspecified atom stereocenters. The number of carbonyl (C=O) groups excluding carboxylic acids is 2. The van der Waals surface area contributed by atoms with Gasteiger partial charge in [0.05, 0.1) is 21.3 Å². The smallest absolute Gasteiger partial charge is 0.224 e. The lowest BCUT2D eigenvalue weighted by Gasteiger charge is -2.27. The molecule has 0 bridgehead atoms. The number of methoxy groups -OCH3 is 3. The molecule has 0 radical (unpaired) electrons. The summed E-state index contributed by atoms with van der Waals surface area (Å²) in [5.41, 5.74) is 3.97. The van der Waals surface area contributed by atoms with Crippen molar-refractivity contribution in [2.24, 2.45) is 0 Å². The predicted octanol–water partition coefficient (Wildman–Crippen LogP) is 3.50. The van der Waals surface area contributed by atoms with Gasteiger partial charge in [-0.05, 0) is 6.07 Å². The summed E-state index contributed by atoms with van der Waals surface area (Å²) in [4.78, 5) is 30.5. The van der Waals surface area contributed by atoms with Crippen LogP contribution in [0.15, 0.2) is 36.4 Å². The van der Waals surface area contributed by atoms with Gasteiger partial charge in [0.1, 0.15) is 0 Å². The summed E-state index contributed by atoms with van der Waals surface area (Å²) in [5, 5.41) is 3.96. The summed E-state index contributed by atoms with van der Waals surface area (Å²) in [7, 11) is 4.54. The van der Waals surface area contributed by atoms with Crippen molar-refractivity contribution in [1.29, 1.82) is 0 Å². The molecule has 2 N–H and O–H groups in total. The third kappa shape index (κ3) is 4.21. The minimum Gasteiger partial charge on any atom is -0.493 e. The first-order chi connectivity index (χ1) is 15.5. The number of rotatable bonds is 7. The van der Waals surface area contributed by atoms with E-state index >= 15 is 0 Å². The Morgan fingerprint density at radius 2 is 1.75 bits per heavy atom. The third-order valence-corrected chi connectivity index (χ3v) is 5.75. The zero-order chi connectivity index (χ0) is 22.7. The Bertz CT molecular complexity index is 1130. The van der Waals surface area contributed by atoms with Crippen molar-refractivity contribution in [3.05, 3.63) is 47.7 Å². The molecule has 32 heavy (non-hydrogen) atoms. The van der Waals surface area contributed by atoms with Crippen LogP contribution in [0, 0.1) is 0 Å². The lowest BCUT2D eigenvalue weighted by atomic mass is 10.0. The number of hydrogen-bond donors (Lipinski definition) is 2. The molecule has 2 aromatic carbocycles. The molecule has 3 aromatic rings. The second kappa shape index (κ2) is 9.21. The maximum Gasteiger partial charge on any atom is 0.224 e. The number of para-hydroxylation sites is 1. The van der Waals surface area contributed by atoms with Crippen LogP contribution < -0.4 is 19.5 Å². The Hall–Kier alpha value is -3.68. The highest BCUT2D eigenvalue weighted by molar-refractivity contribution is 5.94. The molecule has 0 saturated heterocycles. The van der Waals surface area contributed by atoms with Crippen molar-refractivity contribution >= 4 is 28.4 Å². The molecule has 1 aliphatic rings. The fraction of sp³-hybridized carbons (Fsp3) is 0.333. The zero-order valence-electron chi connectivity index (χ0n) is 18.5. The van der Waals surface area contributed by atoms with E-state index in [1.54, 1.807) is 12.1 Å². The van der Waals surface area contributed by atoms with Gasteiger partial charge < -0.3 is 29.4 Å². The summed E-state index contributed by atoms with van der Waals surface area (Å²) in [6.07, 6.45) is 1.02. The van der Waals surface area contributed by atoms with Crippen molar-refractivity contribution in [2.45, 2.75) is 25.8 Å². The molecule has 0 aliphatic carbocycles. The summed E-state index contributed by atoms with van der Waals surface area (Å²) >= 11 is 0. The van der Waals surface area contributed by atoms with Gasteiger partial charge in [0.25, 0.3) is 0 Å². The quantitative estimate of drug-likeness (QED) is 0.590. The van der Waals surface area contributed by atoms with E-state index in [2.05, 4.69) is 16.4 Å². The van der Waals surface area contributed by atoms with Crippen LogP contribution in [0.2, 0.25) is 0 Å². The number of nitrogens with one attached hydrogen (secondary N) is 2. The number of aromatic nitrogens is 1. The molecule has 2 heterocycles. The minimum atomic E-state index is -0.252. The molecule has 1 aromatic heterocycles. The van der Waals surface area contributed by atoms with E-state index in [4.69, 9.17) is 14.2 Å². The molecule has 4 rings (SSSR count). The number of anilines is 1. The van der Waals surface area contributed by atoms with E-state index in [9.17, 15) is 9.59 Å². The van der Waals surface area contributed by atoms with Gasteiger partial charge in [-0.15, -0.1) is 0 Å². The van der Waals surface area contributed by atoms with Crippen molar-refractivity contribution in [1.82, 2.24) is 9.88 Å². The molecular weight excluding hydrogens is 410 g/mol. The second-order valence-corrected chi connectivity index (χ2v) is 7.66. The Labute approximate surface area is 186 Å². The van der Waals surface area contributed by atoms with Crippen LogP contribution in [-0.2, 0) is 22.6 Å². The van der Waals surface area contributed by atoms with Gasteiger partial charge in [0.15, 0.2) is 11.5 Å². The van der Waals surface area contributed by atoms with Gasteiger partial charge in [-0.3, -0.25) is 9.59 Å². The van der Waals surface area contributed by atoms with Crippen molar-refractivity contribution in [3.8, 4) is 17.2 Å². The standard InChI is InChI=1S/C24H27N3O5/c1-30-20-12-15(13-21(31-2)24(20)32-3)25-22(28)8-9-23(29)27-11-10-19-17(14-27)16-6-4-5-7-18(16)26-19/h4-7,12-13,26H,8-11,14H2,1-3H3,(H,25,28). The van der Waals surface area contributed by atoms with Gasteiger partial charge in [-0.1, -0.05) is 18.2 Å². The molecule has 0 spiro atoms. The molecule has 0 fully saturated rings. The minimum absolute atomic E-state index is 0.0269. The van der Waals surface area contributed by atoms with Crippen LogP contribution >= 0.6 is 0 Å². The molecule has 0 atom stereocenters. The molecule has 8 nitrogen and oxygen atoms in total. The fourth-order valence-corrected chi connectivity index (χ4v) is 4.13. The summed E-state index contributed by atoms with van der Waals surface area (Å²) in [6.45, 7) is 1.21. The highest BCUT2D eigenvalue weighted by Crippen LogP contribution is 2.40. The van der Waals surface area contributed by atoms with E-state index in [1.165, 1.54) is 32.6 Å². The normalized spacial score (nSPS) is 12.9. The predicted molar refractivity (Wildman–Crippen MR) is 121 cm³/mol. The average molecular weight is 437 g/mol. The number of nitrogens with zero attached hydrogens (tertiary/aromatic N) is 1. The van der Waals surface area contributed by atoms with E-state index in [0.29, 0.717) is 36.0 Å². The van der Waals surface area contributed by atoms with E-state index in [1.807, 2.05) is 23.1 Å². The molecule has 0 saturated carbocycles. The Kier molecular flexibility index (Phi) is 6.20. The summed E-state index contributed by atoms with van der Waals surface area (Å²) in [6, 6.07) is 11.4. The molecule has 8 heteroatoms. The van der Waals surface area contributed by atoms with Crippen LogP contribution in [0.25, 0.3) is 10.9 Å². The molecule has 2 amide bonds. The highest BCUT2D eigenvalue weighted by Gasteiger charge is 2.24. The Morgan fingerprint density at radius 1 is 1.03 bits per heavy atom. The van der Waals surface area contributed by atoms with E-state index in [-0.39, 0.29) is 24.7 Å². The van der Waals surface area contributed by atoms with Gasteiger partial charge in [0.2, 0.25) is 17.6 Å². The van der Waals surface area contributed by atoms with Crippen LogP contribution in [0.1, 0.15) is 24.1 Å². The number of aromatic amines is 1. The maximum atomic E-state index is 12.8. The zero-order valence-corrected chi connectivity index (χ0v) is 18.5. The Morgan fingerprint density at radius 3 is 2.44 bits per heavy atom. The molecule has 168 valence electrons. The second-order valence-electron chi connectivity index (χ2n) is 7.66. The first-order valence-electron chi connectivity index (χ1n) is 10.5. The van der Waals surface area contributed by atoms with Gasteiger partial charge in [0, 0.05) is 72.3 Å². The highest BCUT2D eigenvalue weighted by atomic mass is 16.5. The first kappa shape index (κ1) is 21.5. The van der Waals surface area contributed by atoms with Gasteiger partial charge in [-0.25, -0.2) is 0 Å². The van der Waals surface area contributed by atoms with Crippen LogP contribution in [0.3, 0.4) is 0 Å². The van der Waals surface area contributed by atoms with Crippen molar-refractivity contribution in [2.75, 3.05) is 33.2 Å². The number of hydrogen-bond acceptors (Lipinski definition) is 5.